The van der Waals surface area contributed by atoms with Crippen LogP contribution in [0.4, 0.5) is 4.79 Å². The molecule has 2 amide bonds. The zero-order valence-corrected chi connectivity index (χ0v) is 21.7. The van der Waals surface area contributed by atoms with Crippen molar-refractivity contribution in [1.29, 1.82) is 0 Å². The predicted molar refractivity (Wildman–Crippen MR) is 133 cm³/mol. The normalized spacial score (nSPS) is 20.1. The Hall–Kier alpha value is -2.54. The van der Waals surface area contributed by atoms with E-state index in [1.54, 1.807) is 24.3 Å². The molecule has 1 saturated heterocycles. The number of hydrogen-bond donors (Lipinski definition) is 5. The van der Waals surface area contributed by atoms with Gasteiger partial charge in [0.2, 0.25) is 0 Å². The number of benzene rings is 1. The molecule has 13 heteroatoms. The zero-order valence-electron chi connectivity index (χ0n) is 20.1. The van der Waals surface area contributed by atoms with E-state index in [1.165, 1.54) is 4.90 Å². The highest BCUT2D eigenvalue weighted by atomic mass is 35.5. The van der Waals surface area contributed by atoms with E-state index in [0.29, 0.717) is 23.0 Å². The Kier molecular flexibility index (Phi) is 10.8. The summed E-state index contributed by atoms with van der Waals surface area (Å²) in [4.78, 5) is 52.6. The molecule has 0 aromatic heterocycles. The fraction of sp³-hybridized carbons (Fsp3) is 0.565. The Morgan fingerprint density at radius 1 is 1.17 bits per heavy atom. The van der Waals surface area contributed by atoms with Gasteiger partial charge in [0, 0.05) is 42.2 Å². The van der Waals surface area contributed by atoms with E-state index in [0.717, 1.165) is 24.9 Å². The van der Waals surface area contributed by atoms with E-state index >= 15 is 0 Å². The van der Waals surface area contributed by atoms with Gasteiger partial charge in [-0.05, 0) is 25.2 Å². The van der Waals surface area contributed by atoms with Crippen LogP contribution in [0, 0.1) is 11.8 Å². The van der Waals surface area contributed by atoms with Crippen LogP contribution in [-0.2, 0) is 14.4 Å². The number of nitrogens with zero attached hydrogens (tertiary/aromatic N) is 2. The molecule has 4 unspecified atom stereocenters. The lowest BCUT2D eigenvalue weighted by Gasteiger charge is -2.34. The Morgan fingerprint density at radius 2 is 1.81 bits per heavy atom. The number of thioether (sulfide) groups is 1. The molecule has 1 aromatic carbocycles. The molecule has 200 valence electrons. The van der Waals surface area contributed by atoms with Gasteiger partial charge in [-0.25, -0.2) is 9.59 Å². The molecule has 5 N–H and O–H groups in total. The van der Waals surface area contributed by atoms with Crippen LogP contribution < -0.4 is 5.32 Å². The molecule has 1 aromatic rings. The minimum absolute atomic E-state index is 0.0458. The predicted octanol–water partition coefficient (Wildman–Crippen LogP) is 1.78. The molecule has 0 saturated carbocycles. The van der Waals surface area contributed by atoms with Crippen LogP contribution in [0.25, 0.3) is 0 Å². The smallest absolute Gasteiger partial charge is 0.337 e. The first-order chi connectivity index (χ1) is 16.9. The van der Waals surface area contributed by atoms with Gasteiger partial charge >= 0.3 is 23.9 Å². The molecule has 0 spiro atoms. The first kappa shape index (κ1) is 29.7. The number of nitrogens with one attached hydrogen (secondary N) is 1. The minimum atomic E-state index is -3.09. The first-order valence-corrected chi connectivity index (χ1v) is 12.8. The maximum atomic E-state index is 12.9. The average Bonchev–Trinajstić information content (AvgIpc) is 3.20. The fourth-order valence-electron chi connectivity index (χ4n) is 4.38. The van der Waals surface area contributed by atoms with E-state index in [4.69, 9.17) is 11.6 Å². The summed E-state index contributed by atoms with van der Waals surface area (Å²) in [5.41, 5.74) is -3.09. The first-order valence-electron chi connectivity index (χ1n) is 11.5. The molecule has 0 bridgehead atoms. The molecule has 36 heavy (non-hydrogen) atoms. The maximum Gasteiger partial charge on any atom is 0.337 e. The molecule has 1 aliphatic heterocycles. The lowest BCUT2D eigenvalue weighted by molar-refractivity contribution is -0.182. The second-order valence-electron chi connectivity index (χ2n) is 8.53. The minimum Gasteiger partial charge on any atom is -0.481 e. The summed E-state index contributed by atoms with van der Waals surface area (Å²) in [5, 5.41) is 42.2. The van der Waals surface area contributed by atoms with Crippen molar-refractivity contribution >= 4 is 47.3 Å². The van der Waals surface area contributed by atoms with Crippen LogP contribution in [0.2, 0.25) is 5.02 Å². The van der Waals surface area contributed by atoms with E-state index in [2.05, 4.69) is 10.2 Å². The summed E-state index contributed by atoms with van der Waals surface area (Å²) in [6.07, 6.45) is -1.31. The van der Waals surface area contributed by atoms with Crippen molar-refractivity contribution < 1.29 is 39.6 Å². The standard InChI is InChI=1S/C23H32ClN3O8S/c1-3-26(4-2)10-9-25-22(34)27-12-14(17(13-27)36-16-8-6-5-7-15(16)24)19(20(30)31)23(35,21(32)33)11-18(28)29/h5-8,14,17,19,35H,3-4,9-13H2,1-2H3,(H,25,34)(H,28,29)(H,30,31)(H,32,33). The van der Waals surface area contributed by atoms with Crippen LogP contribution in [-0.4, -0.2) is 104 Å². The van der Waals surface area contributed by atoms with Gasteiger partial charge in [0.15, 0.2) is 5.60 Å². The van der Waals surface area contributed by atoms with Crippen LogP contribution >= 0.6 is 23.4 Å². The Balaban J connectivity index is 2.36. The highest BCUT2D eigenvalue weighted by Crippen LogP contribution is 2.43. The number of carboxylic acid groups (broad SMARTS) is 3. The number of carbonyl (C=O) groups is 4. The van der Waals surface area contributed by atoms with Gasteiger partial charge in [0.05, 0.1) is 11.4 Å². The number of aliphatic hydroxyl groups is 1. The van der Waals surface area contributed by atoms with Crippen LogP contribution in [0.3, 0.4) is 0 Å². The number of aliphatic carboxylic acids is 3. The maximum absolute atomic E-state index is 12.9. The van der Waals surface area contributed by atoms with Crippen LogP contribution in [0.15, 0.2) is 29.2 Å². The van der Waals surface area contributed by atoms with Gasteiger partial charge in [0.25, 0.3) is 0 Å². The van der Waals surface area contributed by atoms with E-state index in [1.807, 2.05) is 13.8 Å². The van der Waals surface area contributed by atoms with E-state index < -0.39 is 53.0 Å². The third-order valence-electron chi connectivity index (χ3n) is 6.31. The van der Waals surface area contributed by atoms with Gasteiger partial charge in [0.1, 0.15) is 5.92 Å². The van der Waals surface area contributed by atoms with Gasteiger partial charge in [-0.3, -0.25) is 9.59 Å². The van der Waals surface area contributed by atoms with Gasteiger partial charge in [-0.15, -0.1) is 11.8 Å². The van der Waals surface area contributed by atoms with Crippen LogP contribution in [0.1, 0.15) is 20.3 Å². The highest BCUT2D eigenvalue weighted by Gasteiger charge is 2.57. The van der Waals surface area contributed by atoms with Crippen molar-refractivity contribution in [3.63, 3.8) is 0 Å². The largest absolute Gasteiger partial charge is 0.481 e. The highest BCUT2D eigenvalue weighted by molar-refractivity contribution is 8.00. The number of amides is 2. The van der Waals surface area contributed by atoms with Crippen molar-refractivity contribution in [1.82, 2.24) is 15.1 Å². The summed E-state index contributed by atoms with van der Waals surface area (Å²) in [6, 6.07) is 6.31. The van der Waals surface area contributed by atoms with Crippen molar-refractivity contribution in [3.8, 4) is 0 Å². The quantitative estimate of drug-likeness (QED) is 0.246. The zero-order chi connectivity index (χ0) is 27.0. The van der Waals surface area contributed by atoms with Gasteiger partial charge in [-0.1, -0.05) is 37.6 Å². The molecule has 0 aliphatic carbocycles. The van der Waals surface area contributed by atoms with E-state index in [9.17, 15) is 39.6 Å². The van der Waals surface area contributed by atoms with Crippen molar-refractivity contribution in [2.24, 2.45) is 11.8 Å². The summed E-state index contributed by atoms with van der Waals surface area (Å²) in [6.45, 7) is 6.45. The average molecular weight is 546 g/mol. The molecule has 1 fully saturated rings. The number of halogens is 1. The number of urea groups is 1. The molecular weight excluding hydrogens is 514 g/mol. The second kappa shape index (κ2) is 13.1. The van der Waals surface area contributed by atoms with Crippen molar-refractivity contribution in [2.75, 3.05) is 39.3 Å². The van der Waals surface area contributed by atoms with Crippen molar-refractivity contribution in [2.45, 2.75) is 36.0 Å². The van der Waals surface area contributed by atoms with Gasteiger partial charge in [-0.2, -0.15) is 0 Å². The molecule has 11 nitrogen and oxygen atoms in total. The topological polar surface area (TPSA) is 168 Å². The number of rotatable bonds is 13. The Morgan fingerprint density at radius 3 is 2.33 bits per heavy atom. The fourth-order valence-corrected chi connectivity index (χ4v) is 5.98. The van der Waals surface area contributed by atoms with E-state index in [-0.39, 0.29) is 13.1 Å². The molecule has 4 atom stereocenters. The number of hydrogen-bond acceptors (Lipinski definition) is 7. The monoisotopic (exact) mass is 545 g/mol. The molecule has 1 heterocycles. The summed E-state index contributed by atoms with van der Waals surface area (Å²) in [5.74, 6) is -8.37. The summed E-state index contributed by atoms with van der Waals surface area (Å²) < 4.78 is 0. The summed E-state index contributed by atoms with van der Waals surface area (Å²) >= 11 is 7.43. The molecular formula is C23H32ClN3O8S. The Bertz CT molecular complexity index is 963. The number of likely N-dealkylation sites (N-methyl/N-ethyl adjacent to an activating group) is 1. The molecule has 0 radical (unpaired) electrons. The SMILES string of the molecule is CCN(CC)CCNC(=O)N1CC(Sc2ccccc2Cl)C(C(C(=O)O)C(O)(CC(=O)O)C(=O)O)C1. The number of carbonyl (C=O) groups excluding carboxylic acids is 1. The second-order valence-corrected chi connectivity index (χ2v) is 10.2. The lowest BCUT2D eigenvalue weighted by Crippen LogP contribution is -2.55. The van der Waals surface area contributed by atoms with Gasteiger partial charge < -0.3 is 35.5 Å². The van der Waals surface area contributed by atoms with Crippen molar-refractivity contribution in [3.05, 3.63) is 29.3 Å². The third-order valence-corrected chi connectivity index (χ3v) is 8.16. The number of carboxylic acids is 3. The summed E-state index contributed by atoms with van der Waals surface area (Å²) in [7, 11) is 0. The molecule has 2 rings (SSSR count). The third kappa shape index (κ3) is 7.25. The molecule has 1 aliphatic rings. The lowest BCUT2D eigenvalue weighted by atomic mass is 9.75. The van der Waals surface area contributed by atoms with Crippen LogP contribution in [0.5, 0.6) is 0 Å². The number of likely N-dealkylation sites (tertiary alicyclic amines) is 1. The Labute approximate surface area is 218 Å².